The van der Waals surface area contributed by atoms with E-state index < -0.39 is 0 Å². The lowest BCUT2D eigenvalue weighted by Crippen LogP contribution is -2.42. The number of thiazole rings is 1. The molecule has 0 aliphatic heterocycles. The summed E-state index contributed by atoms with van der Waals surface area (Å²) in [6, 6.07) is 6.43. The number of rotatable bonds is 8. The number of benzene rings is 1. The second kappa shape index (κ2) is 12.0. The van der Waals surface area contributed by atoms with E-state index >= 15 is 0 Å². The van der Waals surface area contributed by atoms with Crippen molar-refractivity contribution >= 4 is 46.4 Å². The van der Waals surface area contributed by atoms with Crippen LogP contribution in [-0.4, -0.2) is 44.7 Å². The Hall–Kier alpha value is -1.62. The highest BCUT2D eigenvalue weighted by molar-refractivity contribution is 14.0. The Balaban J connectivity index is 0.00000364. The van der Waals surface area contributed by atoms with E-state index in [1.165, 1.54) is 6.07 Å². The maximum absolute atomic E-state index is 13.7. The van der Waals surface area contributed by atoms with Crippen LogP contribution in [0.2, 0.25) is 0 Å². The average Bonchev–Trinajstić information content (AvgIpc) is 3.11. The Morgan fingerprint density at radius 3 is 2.67 bits per heavy atom. The van der Waals surface area contributed by atoms with Gasteiger partial charge in [-0.2, -0.15) is 0 Å². The van der Waals surface area contributed by atoms with Crippen molar-refractivity contribution in [2.75, 3.05) is 32.6 Å². The zero-order valence-electron chi connectivity index (χ0n) is 16.0. The molecular formula is C18H27FIN5OS. The number of guanidine groups is 1. The molecule has 0 radical (unpaired) electrons. The molecule has 0 spiro atoms. The average molecular weight is 507 g/mol. The number of aliphatic imine (C=N–C) groups is 1. The van der Waals surface area contributed by atoms with Crippen molar-refractivity contribution in [3.05, 3.63) is 41.2 Å². The van der Waals surface area contributed by atoms with Gasteiger partial charge in [-0.3, -0.25) is 4.99 Å². The summed E-state index contributed by atoms with van der Waals surface area (Å²) in [6.07, 6.45) is 0.585. The van der Waals surface area contributed by atoms with Gasteiger partial charge in [0.05, 0.1) is 18.8 Å². The fourth-order valence-electron chi connectivity index (χ4n) is 2.18. The summed E-state index contributed by atoms with van der Waals surface area (Å²) >= 11 is 1.60. The molecule has 0 fully saturated rings. The Kier molecular flexibility index (Phi) is 10.4. The Morgan fingerprint density at radius 2 is 2.07 bits per heavy atom. The van der Waals surface area contributed by atoms with Crippen molar-refractivity contribution in [3.63, 3.8) is 0 Å². The number of ether oxygens (including phenoxy) is 1. The molecule has 1 unspecified atom stereocenters. The predicted octanol–water partition coefficient (Wildman–Crippen LogP) is 3.49. The number of nitrogens with one attached hydrogen (secondary N) is 2. The highest BCUT2D eigenvalue weighted by atomic mass is 127. The van der Waals surface area contributed by atoms with Crippen molar-refractivity contribution in [1.82, 2.24) is 15.6 Å². The SMILES string of the molecule is CCC(CNC(=NC)NCc1csc(N(C)C)n1)Oc1ccccc1F.I. The zero-order valence-corrected chi connectivity index (χ0v) is 19.2. The van der Waals surface area contributed by atoms with Gasteiger partial charge in [0.1, 0.15) is 6.10 Å². The van der Waals surface area contributed by atoms with E-state index in [-0.39, 0.29) is 41.6 Å². The van der Waals surface area contributed by atoms with E-state index in [1.54, 1.807) is 36.6 Å². The van der Waals surface area contributed by atoms with Crippen LogP contribution in [0.5, 0.6) is 5.75 Å². The van der Waals surface area contributed by atoms with Crippen LogP contribution in [0.4, 0.5) is 9.52 Å². The molecule has 1 atom stereocenters. The third-order valence-corrected chi connectivity index (χ3v) is 4.72. The first kappa shape index (κ1) is 23.4. The van der Waals surface area contributed by atoms with Crippen LogP contribution in [0.25, 0.3) is 0 Å². The van der Waals surface area contributed by atoms with E-state index in [0.717, 1.165) is 17.2 Å². The summed E-state index contributed by atoms with van der Waals surface area (Å²) in [7, 11) is 5.65. The zero-order chi connectivity index (χ0) is 18.9. The van der Waals surface area contributed by atoms with E-state index in [2.05, 4.69) is 20.6 Å². The molecule has 0 aliphatic carbocycles. The van der Waals surface area contributed by atoms with Gasteiger partial charge in [0.2, 0.25) is 0 Å². The minimum Gasteiger partial charge on any atom is -0.486 e. The first-order valence-corrected chi connectivity index (χ1v) is 9.38. The minimum absolute atomic E-state index is 0. The molecule has 1 aromatic carbocycles. The monoisotopic (exact) mass is 507 g/mol. The first-order chi connectivity index (χ1) is 12.5. The lowest BCUT2D eigenvalue weighted by Gasteiger charge is -2.20. The molecule has 0 saturated carbocycles. The quantitative estimate of drug-likeness (QED) is 0.326. The molecule has 2 rings (SSSR count). The lowest BCUT2D eigenvalue weighted by molar-refractivity contribution is 0.191. The van der Waals surface area contributed by atoms with Gasteiger partial charge in [0.25, 0.3) is 0 Å². The molecule has 0 aliphatic rings. The van der Waals surface area contributed by atoms with Crippen LogP contribution in [0.15, 0.2) is 34.6 Å². The van der Waals surface area contributed by atoms with Crippen LogP contribution in [0.3, 0.4) is 0 Å². The number of hydrogen-bond acceptors (Lipinski definition) is 5. The van der Waals surface area contributed by atoms with Gasteiger partial charge in [0, 0.05) is 26.5 Å². The van der Waals surface area contributed by atoms with Gasteiger partial charge >= 0.3 is 0 Å². The molecule has 1 aromatic heterocycles. The summed E-state index contributed by atoms with van der Waals surface area (Å²) in [4.78, 5) is 10.7. The largest absolute Gasteiger partial charge is 0.486 e. The maximum Gasteiger partial charge on any atom is 0.191 e. The van der Waals surface area contributed by atoms with Gasteiger partial charge in [-0.05, 0) is 18.6 Å². The second-order valence-corrected chi connectivity index (χ2v) is 6.74. The third-order valence-electron chi connectivity index (χ3n) is 3.67. The summed E-state index contributed by atoms with van der Waals surface area (Å²) in [5, 5.41) is 9.43. The summed E-state index contributed by atoms with van der Waals surface area (Å²) in [5.41, 5.74) is 0.955. The van der Waals surface area contributed by atoms with Crippen LogP contribution >= 0.6 is 35.3 Å². The highest BCUT2D eigenvalue weighted by Crippen LogP contribution is 2.18. The normalized spacial score (nSPS) is 12.1. The van der Waals surface area contributed by atoms with Crippen molar-refractivity contribution in [2.24, 2.45) is 4.99 Å². The fraction of sp³-hybridized carbons (Fsp3) is 0.444. The van der Waals surface area contributed by atoms with Crippen molar-refractivity contribution in [2.45, 2.75) is 26.0 Å². The summed E-state index contributed by atoms with van der Waals surface area (Å²) in [6.45, 7) is 3.10. The van der Waals surface area contributed by atoms with Gasteiger partial charge in [-0.1, -0.05) is 19.1 Å². The molecule has 1 heterocycles. The third kappa shape index (κ3) is 7.49. The number of nitrogens with zero attached hydrogens (tertiary/aromatic N) is 3. The van der Waals surface area contributed by atoms with Crippen molar-refractivity contribution < 1.29 is 9.13 Å². The fourth-order valence-corrected chi connectivity index (χ4v) is 2.94. The van der Waals surface area contributed by atoms with E-state index in [0.29, 0.717) is 19.0 Å². The van der Waals surface area contributed by atoms with Crippen LogP contribution in [0.1, 0.15) is 19.0 Å². The molecule has 6 nitrogen and oxygen atoms in total. The number of halogens is 2. The Labute approximate surface area is 181 Å². The van der Waals surface area contributed by atoms with E-state index in [1.807, 2.05) is 31.3 Å². The molecule has 150 valence electrons. The second-order valence-electron chi connectivity index (χ2n) is 5.90. The molecule has 27 heavy (non-hydrogen) atoms. The number of anilines is 1. The van der Waals surface area contributed by atoms with E-state index in [9.17, 15) is 4.39 Å². The van der Waals surface area contributed by atoms with Gasteiger partial charge in [0.15, 0.2) is 22.7 Å². The topological polar surface area (TPSA) is 61.8 Å². The van der Waals surface area contributed by atoms with Crippen LogP contribution < -0.4 is 20.3 Å². The van der Waals surface area contributed by atoms with E-state index in [4.69, 9.17) is 4.74 Å². The van der Waals surface area contributed by atoms with Crippen molar-refractivity contribution in [3.8, 4) is 5.75 Å². The standard InChI is InChI=1S/C18H26FN5OS.HI/c1-5-14(25-16-9-7-6-8-15(16)19)11-22-17(20-2)21-10-13-12-26-18(23-13)24(3)4;/h6-9,12,14H,5,10-11H2,1-4H3,(H2,20,21,22);1H. The van der Waals surface area contributed by atoms with Crippen LogP contribution in [0, 0.1) is 5.82 Å². The molecule has 0 saturated heterocycles. The molecule has 2 aromatic rings. The number of hydrogen-bond donors (Lipinski definition) is 2. The highest BCUT2D eigenvalue weighted by Gasteiger charge is 2.12. The minimum atomic E-state index is -0.353. The number of para-hydroxylation sites is 1. The predicted molar refractivity (Wildman–Crippen MR) is 121 cm³/mol. The molecular weight excluding hydrogens is 480 g/mol. The van der Waals surface area contributed by atoms with Gasteiger partial charge in [-0.15, -0.1) is 35.3 Å². The molecule has 0 amide bonds. The first-order valence-electron chi connectivity index (χ1n) is 8.50. The Morgan fingerprint density at radius 1 is 1.33 bits per heavy atom. The number of aromatic nitrogens is 1. The summed E-state index contributed by atoms with van der Waals surface area (Å²) < 4.78 is 19.5. The van der Waals surface area contributed by atoms with Crippen LogP contribution in [-0.2, 0) is 6.54 Å². The lowest BCUT2D eigenvalue weighted by atomic mass is 10.2. The smallest absolute Gasteiger partial charge is 0.191 e. The Bertz CT molecular complexity index is 725. The molecule has 0 bridgehead atoms. The van der Waals surface area contributed by atoms with Gasteiger partial charge in [-0.25, -0.2) is 9.37 Å². The molecule has 9 heteroatoms. The molecule has 2 N–H and O–H groups in total. The maximum atomic E-state index is 13.7. The van der Waals surface area contributed by atoms with Gasteiger partial charge < -0.3 is 20.3 Å². The van der Waals surface area contributed by atoms with Crippen molar-refractivity contribution in [1.29, 1.82) is 0 Å². The summed E-state index contributed by atoms with van der Waals surface area (Å²) in [5.74, 6) is 0.566.